The fourth-order valence-corrected chi connectivity index (χ4v) is 2.02. The van der Waals surface area contributed by atoms with Gasteiger partial charge < -0.3 is 0 Å². The first-order valence-electron chi connectivity index (χ1n) is 5.22. The lowest BCUT2D eigenvalue weighted by Crippen LogP contribution is -1.84. The van der Waals surface area contributed by atoms with Crippen molar-refractivity contribution in [2.45, 2.75) is 19.1 Å². The molecule has 0 spiro atoms. The molecule has 86 valence electrons. The van der Waals surface area contributed by atoms with Gasteiger partial charge in [0.1, 0.15) is 0 Å². The topological polar surface area (TPSA) is 17.1 Å². The van der Waals surface area contributed by atoms with E-state index in [-0.39, 0.29) is 5.12 Å². The molecule has 0 heterocycles. The summed E-state index contributed by atoms with van der Waals surface area (Å²) in [5.74, 6) is 1.62. The van der Waals surface area contributed by atoms with Crippen LogP contribution < -0.4 is 0 Å². The Hall–Kier alpha value is -0.670. The van der Waals surface area contributed by atoms with Crippen molar-refractivity contribution in [1.29, 1.82) is 0 Å². The molecular formula is C13H16OS2. The SMILES string of the molecule is CC(=O)SCCC=Cc1cccc(CS)c1. The van der Waals surface area contributed by atoms with Crippen molar-refractivity contribution in [3.8, 4) is 0 Å². The van der Waals surface area contributed by atoms with Crippen LogP contribution in [0.2, 0.25) is 0 Å². The maximum Gasteiger partial charge on any atom is 0.185 e. The van der Waals surface area contributed by atoms with E-state index in [1.165, 1.54) is 22.9 Å². The summed E-state index contributed by atoms with van der Waals surface area (Å²) in [6.45, 7) is 1.60. The number of thiol groups is 1. The van der Waals surface area contributed by atoms with Gasteiger partial charge in [-0.25, -0.2) is 0 Å². The fourth-order valence-electron chi connectivity index (χ4n) is 1.29. The number of benzene rings is 1. The normalized spacial score (nSPS) is 10.9. The molecule has 0 unspecified atom stereocenters. The second-order valence-electron chi connectivity index (χ2n) is 3.43. The molecule has 1 aromatic rings. The maximum atomic E-state index is 10.7. The molecule has 1 aromatic carbocycles. The van der Waals surface area contributed by atoms with Gasteiger partial charge >= 0.3 is 0 Å². The van der Waals surface area contributed by atoms with Gasteiger partial charge in [-0.05, 0) is 17.5 Å². The number of carbonyl (C=O) groups excluding carboxylic acids is 1. The zero-order valence-electron chi connectivity index (χ0n) is 9.35. The molecule has 0 bridgehead atoms. The lowest BCUT2D eigenvalue weighted by Gasteiger charge is -1.98. The Labute approximate surface area is 107 Å². The van der Waals surface area contributed by atoms with Crippen LogP contribution in [0.15, 0.2) is 30.3 Å². The number of thioether (sulfide) groups is 1. The van der Waals surface area contributed by atoms with Crippen molar-refractivity contribution < 1.29 is 4.79 Å². The lowest BCUT2D eigenvalue weighted by molar-refractivity contribution is -0.109. The van der Waals surface area contributed by atoms with Gasteiger partial charge in [-0.1, -0.05) is 48.2 Å². The lowest BCUT2D eigenvalue weighted by atomic mass is 10.1. The van der Waals surface area contributed by atoms with Gasteiger partial charge in [-0.3, -0.25) is 4.79 Å². The second kappa shape index (κ2) is 7.58. The number of carbonyl (C=O) groups is 1. The molecule has 0 atom stereocenters. The third-order valence-corrected chi connectivity index (χ3v) is 3.25. The van der Waals surface area contributed by atoms with E-state index < -0.39 is 0 Å². The van der Waals surface area contributed by atoms with Crippen molar-refractivity contribution >= 4 is 35.6 Å². The first-order chi connectivity index (χ1) is 7.72. The minimum Gasteiger partial charge on any atom is -0.288 e. The van der Waals surface area contributed by atoms with E-state index in [9.17, 15) is 4.79 Å². The Morgan fingerprint density at radius 2 is 2.31 bits per heavy atom. The molecule has 0 N–H and O–H groups in total. The molecule has 0 radical (unpaired) electrons. The van der Waals surface area contributed by atoms with Gasteiger partial charge in [-0.2, -0.15) is 12.6 Å². The third kappa shape index (κ3) is 5.42. The smallest absolute Gasteiger partial charge is 0.185 e. The first-order valence-corrected chi connectivity index (χ1v) is 6.84. The molecule has 0 saturated heterocycles. The van der Waals surface area contributed by atoms with Crippen LogP contribution in [0, 0.1) is 0 Å². The van der Waals surface area contributed by atoms with Crippen molar-refractivity contribution in [2.24, 2.45) is 0 Å². The Morgan fingerprint density at radius 1 is 1.50 bits per heavy atom. The van der Waals surface area contributed by atoms with Crippen LogP contribution in [0.5, 0.6) is 0 Å². The summed E-state index contributed by atoms with van der Waals surface area (Å²) in [5.41, 5.74) is 2.42. The van der Waals surface area contributed by atoms with E-state index in [2.05, 4.69) is 43.0 Å². The predicted octanol–water partition coefficient (Wildman–Crippen LogP) is 3.80. The second-order valence-corrected chi connectivity index (χ2v) is 5.02. The van der Waals surface area contributed by atoms with Crippen LogP contribution in [-0.4, -0.2) is 10.9 Å². The molecule has 1 nitrogen and oxygen atoms in total. The highest BCUT2D eigenvalue weighted by atomic mass is 32.2. The standard InChI is InChI=1S/C13H16OS2/c1-11(14)16-8-3-2-5-12-6-4-7-13(9-12)10-15/h2,4-7,9,15H,3,8,10H2,1H3. The van der Waals surface area contributed by atoms with E-state index in [4.69, 9.17) is 0 Å². The van der Waals surface area contributed by atoms with Crippen molar-refractivity contribution in [2.75, 3.05) is 5.75 Å². The zero-order valence-corrected chi connectivity index (χ0v) is 11.1. The quantitative estimate of drug-likeness (QED) is 0.634. The largest absolute Gasteiger partial charge is 0.288 e. The van der Waals surface area contributed by atoms with E-state index >= 15 is 0 Å². The van der Waals surface area contributed by atoms with Crippen LogP contribution in [0.3, 0.4) is 0 Å². The highest BCUT2D eigenvalue weighted by Gasteiger charge is 1.92. The predicted molar refractivity (Wildman–Crippen MR) is 75.9 cm³/mol. The third-order valence-electron chi connectivity index (χ3n) is 2.03. The molecule has 0 amide bonds. The van der Waals surface area contributed by atoms with Gasteiger partial charge in [0.2, 0.25) is 0 Å². The van der Waals surface area contributed by atoms with E-state index in [0.717, 1.165) is 17.9 Å². The van der Waals surface area contributed by atoms with Crippen LogP contribution in [-0.2, 0) is 10.5 Å². The molecular weight excluding hydrogens is 236 g/mol. The number of hydrogen-bond acceptors (Lipinski definition) is 3. The van der Waals surface area contributed by atoms with Gasteiger partial charge in [0.05, 0.1) is 0 Å². The van der Waals surface area contributed by atoms with Crippen LogP contribution in [0.1, 0.15) is 24.5 Å². The number of allylic oxidation sites excluding steroid dienone is 1. The number of rotatable bonds is 5. The van der Waals surface area contributed by atoms with Crippen molar-refractivity contribution in [3.63, 3.8) is 0 Å². The molecule has 0 aliphatic rings. The van der Waals surface area contributed by atoms with Gasteiger partial charge in [0.15, 0.2) is 5.12 Å². The average molecular weight is 252 g/mol. The molecule has 0 aliphatic carbocycles. The van der Waals surface area contributed by atoms with Crippen molar-refractivity contribution in [3.05, 3.63) is 41.5 Å². The van der Waals surface area contributed by atoms with Crippen molar-refractivity contribution in [1.82, 2.24) is 0 Å². The Balaban J connectivity index is 2.40. The average Bonchev–Trinajstić information content (AvgIpc) is 2.28. The summed E-state index contributed by atoms with van der Waals surface area (Å²) in [6.07, 6.45) is 5.12. The number of hydrogen-bond donors (Lipinski definition) is 1. The Kier molecular flexibility index (Phi) is 6.34. The fraction of sp³-hybridized carbons (Fsp3) is 0.308. The molecule has 0 aromatic heterocycles. The summed E-state index contributed by atoms with van der Waals surface area (Å²) in [6, 6.07) is 8.30. The van der Waals surface area contributed by atoms with E-state index in [0.29, 0.717) is 0 Å². The summed E-state index contributed by atoms with van der Waals surface area (Å²) < 4.78 is 0. The summed E-state index contributed by atoms with van der Waals surface area (Å²) in [7, 11) is 0. The van der Waals surface area contributed by atoms with Crippen LogP contribution in [0.25, 0.3) is 6.08 Å². The Bertz CT molecular complexity index is 372. The zero-order chi connectivity index (χ0) is 11.8. The highest BCUT2D eigenvalue weighted by molar-refractivity contribution is 8.13. The molecule has 1 rings (SSSR count). The summed E-state index contributed by atoms with van der Waals surface area (Å²) >= 11 is 5.61. The molecule has 16 heavy (non-hydrogen) atoms. The van der Waals surface area contributed by atoms with E-state index in [1.807, 2.05) is 6.07 Å². The minimum atomic E-state index is 0.186. The Morgan fingerprint density at radius 3 is 3.00 bits per heavy atom. The molecule has 0 fully saturated rings. The first kappa shape index (κ1) is 13.4. The monoisotopic (exact) mass is 252 g/mol. The van der Waals surface area contributed by atoms with Gasteiger partial charge in [0, 0.05) is 18.4 Å². The maximum absolute atomic E-state index is 10.7. The van der Waals surface area contributed by atoms with Gasteiger partial charge in [0.25, 0.3) is 0 Å². The van der Waals surface area contributed by atoms with Crippen LogP contribution >= 0.6 is 24.4 Å². The summed E-state index contributed by atoms with van der Waals surface area (Å²) in [4.78, 5) is 10.7. The minimum absolute atomic E-state index is 0.186. The summed E-state index contributed by atoms with van der Waals surface area (Å²) in [5, 5.41) is 0.186. The van der Waals surface area contributed by atoms with Crippen LogP contribution in [0.4, 0.5) is 0 Å². The van der Waals surface area contributed by atoms with Gasteiger partial charge in [-0.15, -0.1) is 0 Å². The highest BCUT2D eigenvalue weighted by Crippen LogP contribution is 2.10. The molecule has 3 heteroatoms. The molecule has 0 saturated carbocycles. The van der Waals surface area contributed by atoms with E-state index in [1.54, 1.807) is 6.92 Å². The molecule has 0 aliphatic heterocycles.